The Morgan fingerprint density at radius 3 is 2.67 bits per heavy atom. The monoisotopic (exact) mass is 169 g/mol. The van der Waals surface area contributed by atoms with Gasteiger partial charge in [0.25, 0.3) is 0 Å². The number of nitrogens with one attached hydrogen (secondary N) is 1. The van der Waals surface area contributed by atoms with E-state index in [2.05, 4.69) is 16.9 Å². The summed E-state index contributed by atoms with van der Waals surface area (Å²) in [6.07, 6.45) is 5.41. The van der Waals surface area contributed by atoms with Crippen LogP contribution in [0, 0.1) is 0 Å². The van der Waals surface area contributed by atoms with Crippen LogP contribution in [0.4, 0.5) is 0 Å². The summed E-state index contributed by atoms with van der Waals surface area (Å²) >= 11 is 0. The summed E-state index contributed by atoms with van der Waals surface area (Å²) in [5, 5.41) is 0. The van der Waals surface area contributed by atoms with Gasteiger partial charge in [0.05, 0.1) is 6.33 Å². The van der Waals surface area contributed by atoms with Gasteiger partial charge < -0.3 is 10.7 Å². The molecule has 0 saturated heterocycles. The van der Waals surface area contributed by atoms with Gasteiger partial charge in [0.1, 0.15) is 0 Å². The van der Waals surface area contributed by atoms with Crippen LogP contribution in [0.2, 0.25) is 0 Å². The Labute approximate surface area is 74.4 Å². The maximum Gasteiger partial charge on any atom is 0.0921 e. The molecule has 0 aliphatic heterocycles. The lowest BCUT2D eigenvalue weighted by molar-refractivity contribution is 0.638. The molecule has 0 bridgehead atoms. The molecule has 0 radical (unpaired) electrons. The van der Waals surface area contributed by atoms with Gasteiger partial charge in [0, 0.05) is 24.4 Å². The van der Waals surface area contributed by atoms with Crippen molar-refractivity contribution in [2.75, 3.05) is 0 Å². The fourth-order valence-corrected chi connectivity index (χ4v) is 0.823. The van der Waals surface area contributed by atoms with Crippen molar-refractivity contribution in [2.45, 2.75) is 39.7 Å². The van der Waals surface area contributed by atoms with Gasteiger partial charge in [0.15, 0.2) is 0 Å². The maximum absolute atomic E-state index is 5.72. The number of rotatable bonds is 3. The Kier molecular flexibility index (Phi) is 6.38. The van der Waals surface area contributed by atoms with Crippen LogP contribution < -0.4 is 5.73 Å². The summed E-state index contributed by atoms with van der Waals surface area (Å²) in [6, 6.07) is 0.264. The van der Waals surface area contributed by atoms with Gasteiger partial charge in [-0.05, 0) is 6.42 Å². The van der Waals surface area contributed by atoms with Crippen LogP contribution in [0.25, 0.3) is 0 Å². The van der Waals surface area contributed by atoms with Crippen molar-refractivity contribution in [3.8, 4) is 0 Å². The second-order valence-corrected chi connectivity index (χ2v) is 2.45. The average molecular weight is 169 g/mol. The van der Waals surface area contributed by atoms with Crippen molar-refractivity contribution in [1.82, 2.24) is 9.97 Å². The van der Waals surface area contributed by atoms with Crippen molar-refractivity contribution >= 4 is 0 Å². The number of H-pyrrole nitrogens is 1. The van der Waals surface area contributed by atoms with Gasteiger partial charge in [0.2, 0.25) is 0 Å². The fourth-order valence-electron chi connectivity index (χ4n) is 0.823. The second kappa shape index (κ2) is 6.85. The minimum atomic E-state index is 0.264. The number of nitrogens with zero attached hydrogens (tertiary/aromatic N) is 1. The van der Waals surface area contributed by atoms with Gasteiger partial charge >= 0.3 is 0 Å². The lowest BCUT2D eigenvalue weighted by atomic mass is 10.1. The molecular formula is C9H19N3. The number of hydrogen-bond donors (Lipinski definition) is 2. The molecule has 1 rings (SSSR count). The van der Waals surface area contributed by atoms with Crippen LogP contribution in [0.1, 0.15) is 32.9 Å². The Morgan fingerprint density at radius 1 is 1.58 bits per heavy atom. The van der Waals surface area contributed by atoms with Crippen molar-refractivity contribution in [1.29, 1.82) is 0 Å². The summed E-state index contributed by atoms with van der Waals surface area (Å²) in [5.74, 6) is 0. The first-order valence-corrected chi connectivity index (χ1v) is 4.55. The highest BCUT2D eigenvalue weighted by atomic mass is 14.9. The van der Waals surface area contributed by atoms with E-state index in [1.807, 2.05) is 20.0 Å². The highest BCUT2D eigenvalue weighted by Crippen LogP contribution is 1.97. The molecule has 1 heterocycles. The molecule has 12 heavy (non-hydrogen) atoms. The van der Waals surface area contributed by atoms with E-state index in [1.54, 1.807) is 6.33 Å². The predicted octanol–water partition coefficient (Wildman–Crippen LogP) is 1.72. The standard InChI is InChI=1S/C7H13N3.C2H6/c1-2-6(8)3-7-4-9-5-10-7;1-2/h4-6H,2-3,8H2,1H3,(H,9,10);1-2H3/t6-;/m1./s1. The first kappa shape index (κ1) is 11.2. The number of imidazole rings is 1. The van der Waals surface area contributed by atoms with E-state index in [0.29, 0.717) is 0 Å². The number of aromatic amines is 1. The highest BCUT2D eigenvalue weighted by molar-refractivity contribution is 4.96. The fraction of sp³-hybridized carbons (Fsp3) is 0.667. The Bertz CT molecular complexity index is 170. The van der Waals surface area contributed by atoms with E-state index in [9.17, 15) is 0 Å². The minimum absolute atomic E-state index is 0.264. The summed E-state index contributed by atoms with van der Waals surface area (Å²) in [6.45, 7) is 6.08. The van der Waals surface area contributed by atoms with Gasteiger partial charge in [-0.25, -0.2) is 4.98 Å². The van der Waals surface area contributed by atoms with Crippen LogP contribution >= 0.6 is 0 Å². The summed E-state index contributed by atoms with van der Waals surface area (Å²) in [4.78, 5) is 6.91. The average Bonchev–Trinajstić information content (AvgIpc) is 2.60. The van der Waals surface area contributed by atoms with E-state index in [4.69, 9.17) is 5.73 Å². The van der Waals surface area contributed by atoms with Crippen LogP contribution in [-0.2, 0) is 6.42 Å². The molecule has 1 atom stereocenters. The molecule has 0 aliphatic rings. The summed E-state index contributed by atoms with van der Waals surface area (Å²) in [7, 11) is 0. The van der Waals surface area contributed by atoms with Crippen LogP contribution in [0.15, 0.2) is 12.5 Å². The Hall–Kier alpha value is -0.830. The first-order chi connectivity index (χ1) is 5.83. The molecule has 0 unspecified atom stereocenters. The van der Waals surface area contributed by atoms with E-state index in [0.717, 1.165) is 18.5 Å². The first-order valence-electron chi connectivity index (χ1n) is 4.55. The molecule has 70 valence electrons. The number of aromatic nitrogens is 2. The molecule has 0 saturated carbocycles. The molecule has 0 spiro atoms. The van der Waals surface area contributed by atoms with Crippen molar-refractivity contribution < 1.29 is 0 Å². The van der Waals surface area contributed by atoms with Crippen LogP contribution in [0.5, 0.6) is 0 Å². The molecule has 0 aliphatic carbocycles. The Morgan fingerprint density at radius 2 is 2.25 bits per heavy atom. The zero-order valence-electron chi connectivity index (χ0n) is 8.17. The molecule has 1 aromatic heterocycles. The molecule has 0 fully saturated rings. The highest BCUT2D eigenvalue weighted by Gasteiger charge is 2.00. The molecule has 1 aromatic rings. The van der Waals surface area contributed by atoms with E-state index >= 15 is 0 Å². The van der Waals surface area contributed by atoms with Crippen molar-refractivity contribution in [3.05, 3.63) is 18.2 Å². The predicted molar refractivity (Wildman–Crippen MR) is 51.9 cm³/mol. The smallest absolute Gasteiger partial charge is 0.0921 e. The normalized spacial score (nSPS) is 11.7. The largest absolute Gasteiger partial charge is 0.348 e. The summed E-state index contributed by atoms with van der Waals surface area (Å²) in [5.41, 5.74) is 6.84. The second-order valence-electron chi connectivity index (χ2n) is 2.45. The summed E-state index contributed by atoms with van der Waals surface area (Å²) < 4.78 is 0. The van der Waals surface area contributed by atoms with Crippen molar-refractivity contribution in [3.63, 3.8) is 0 Å². The Balaban J connectivity index is 0.000000561. The molecule has 3 heteroatoms. The quantitative estimate of drug-likeness (QED) is 0.723. The maximum atomic E-state index is 5.72. The molecule has 0 aromatic carbocycles. The lowest BCUT2D eigenvalue weighted by Crippen LogP contribution is -2.21. The van der Waals surface area contributed by atoms with Gasteiger partial charge in [-0.3, -0.25) is 0 Å². The van der Waals surface area contributed by atoms with Crippen LogP contribution in [-0.4, -0.2) is 16.0 Å². The zero-order valence-corrected chi connectivity index (χ0v) is 8.17. The number of hydrogen-bond acceptors (Lipinski definition) is 2. The van der Waals surface area contributed by atoms with E-state index < -0.39 is 0 Å². The third-order valence-corrected chi connectivity index (χ3v) is 1.56. The third-order valence-electron chi connectivity index (χ3n) is 1.56. The van der Waals surface area contributed by atoms with Gasteiger partial charge in [-0.1, -0.05) is 20.8 Å². The SMILES string of the molecule is CC.CC[C@@H](N)Cc1cnc[nH]1. The van der Waals surface area contributed by atoms with E-state index in [1.165, 1.54) is 0 Å². The number of nitrogens with two attached hydrogens (primary N) is 1. The molecule has 3 N–H and O–H groups in total. The van der Waals surface area contributed by atoms with Gasteiger partial charge in [-0.2, -0.15) is 0 Å². The van der Waals surface area contributed by atoms with E-state index in [-0.39, 0.29) is 6.04 Å². The molecular weight excluding hydrogens is 150 g/mol. The molecule has 0 amide bonds. The zero-order chi connectivity index (χ0) is 9.40. The lowest BCUT2D eigenvalue weighted by Gasteiger charge is -2.04. The van der Waals surface area contributed by atoms with Crippen molar-refractivity contribution in [2.24, 2.45) is 5.73 Å². The van der Waals surface area contributed by atoms with Crippen LogP contribution in [0.3, 0.4) is 0 Å². The third kappa shape index (κ3) is 4.13. The topological polar surface area (TPSA) is 54.7 Å². The van der Waals surface area contributed by atoms with Gasteiger partial charge in [-0.15, -0.1) is 0 Å². The minimum Gasteiger partial charge on any atom is -0.348 e. The molecule has 3 nitrogen and oxygen atoms in total.